The molecule has 0 amide bonds. The van der Waals surface area contributed by atoms with Gasteiger partial charge in [-0.25, -0.2) is 4.39 Å². The summed E-state index contributed by atoms with van der Waals surface area (Å²) in [5.41, 5.74) is 1.82. The second-order valence-electron chi connectivity index (χ2n) is 8.15. The molecule has 1 aliphatic heterocycles. The van der Waals surface area contributed by atoms with Crippen LogP contribution in [0.4, 0.5) is 4.39 Å². The summed E-state index contributed by atoms with van der Waals surface area (Å²) in [6.45, 7) is 13.8. The van der Waals surface area contributed by atoms with Crippen LogP contribution in [0, 0.1) is 19.7 Å². The zero-order valence-electron chi connectivity index (χ0n) is 16.3. The lowest BCUT2D eigenvalue weighted by molar-refractivity contribution is -0.162. The van der Waals surface area contributed by atoms with Crippen LogP contribution in [0.1, 0.15) is 44.4 Å². The lowest BCUT2D eigenvalue weighted by Gasteiger charge is -2.38. The Kier molecular flexibility index (Phi) is 6.22. The zero-order valence-corrected chi connectivity index (χ0v) is 16.3. The van der Waals surface area contributed by atoms with Crippen LogP contribution in [-0.2, 0) is 16.0 Å². The molecule has 0 unspecified atom stereocenters. The Morgan fingerprint density at radius 2 is 2.08 bits per heavy atom. The van der Waals surface area contributed by atoms with Crippen LogP contribution in [0.15, 0.2) is 12.1 Å². The van der Waals surface area contributed by atoms with E-state index in [1.807, 2.05) is 40.7 Å². The zero-order chi connectivity index (χ0) is 18.8. The van der Waals surface area contributed by atoms with E-state index in [0.29, 0.717) is 18.0 Å². The summed E-state index contributed by atoms with van der Waals surface area (Å²) in [5.74, 6) is -0.518. The number of carbonyl (C=O) groups excluding carboxylic acids is 1. The molecule has 0 radical (unpaired) electrons. The first-order chi connectivity index (χ1) is 11.6. The van der Waals surface area contributed by atoms with E-state index >= 15 is 0 Å². The van der Waals surface area contributed by atoms with E-state index in [2.05, 4.69) is 17.1 Å². The minimum atomic E-state index is -0.560. The van der Waals surface area contributed by atoms with Gasteiger partial charge >= 0.3 is 5.97 Å². The monoisotopic (exact) mass is 350 g/mol. The molecule has 0 aliphatic carbocycles. The molecular formula is C20H31FN2O2. The Bertz CT molecular complexity index is 602. The average Bonchev–Trinajstić information content (AvgIpc) is 2.44. The van der Waals surface area contributed by atoms with Crippen molar-refractivity contribution in [2.24, 2.45) is 0 Å². The van der Waals surface area contributed by atoms with Crippen molar-refractivity contribution in [3.63, 3.8) is 0 Å². The summed E-state index contributed by atoms with van der Waals surface area (Å²) in [6.07, 6.45) is 0.333. The Balaban J connectivity index is 2.29. The van der Waals surface area contributed by atoms with Crippen molar-refractivity contribution >= 4 is 5.97 Å². The second-order valence-corrected chi connectivity index (χ2v) is 8.15. The standard InChI is InChI=1S/C20H31FN2O2/c1-13-9-14(2)16(17(21)10-13)11-18(19(24)25-20(4,5)6)23-8-7-22-15(3)12-23/h9-10,15,18,22H,7-8,11-12H2,1-6H3/t15-,18-/m0/s1. The molecule has 1 fully saturated rings. The summed E-state index contributed by atoms with van der Waals surface area (Å²) >= 11 is 0. The van der Waals surface area contributed by atoms with E-state index in [4.69, 9.17) is 4.74 Å². The van der Waals surface area contributed by atoms with Crippen molar-refractivity contribution in [1.82, 2.24) is 10.2 Å². The van der Waals surface area contributed by atoms with Gasteiger partial charge < -0.3 is 10.1 Å². The third-order valence-electron chi connectivity index (χ3n) is 4.48. The van der Waals surface area contributed by atoms with Crippen LogP contribution in [0.25, 0.3) is 0 Å². The van der Waals surface area contributed by atoms with Gasteiger partial charge in [0.15, 0.2) is 0 Å². The maximum absolute atomic E-state index is 14.5. The number of hydrogen-bond acceptors (Lipinski definition) is 4. The summed E-state index contributed by atoms with van der Waals surface area (Å²) in [7, 11) is 0. The van der Waals surface area contributed by atoms with Crippen LogP contribution in [0.2, 0.25) is 0 Å². The predicted molar refractivity (Wildman–Crippen MR) is 98.2 cm³/mol. The quantitative estimate of drug-likeness (QED) is 0.848. The van der Waals surface area contributed by atoms with E-state index in [0.717, 1.165) is 30.8 Å². The van der Waals surface area contributed by atoms with Gasteiger partial charge in [0.1, 0.15) is 17.5 Å². The van der Waals surface area contributed by atoms with Crippen molar-refractivity contribution < 1.29 is 13.9 Å². The number of rotatable bonds is 4. The average molecular weight is 350 g/mol. The molecular weight excluding hydrogens is 319 g/mol. The highest BCUT2D eigenvalue weighted by Crippen LogP contribution is 2.22. The van der Waals surface area contributed by atoms with Crippen molar-refractivity contribution in [3.8, 4) is 0 Å². The van der Waals surface area contributed by atoms with Gasteiger partial charge in [-0.05, 0) is 64.3 Å². The lowest BCUT2D eigenvalue weighted by Crippen LogP contribution is -2.56. The topological polar surface area (TPSA) is 41.6 Å². The number of piperazine rings is 1. The fourth-order valence-corrected chi connectivity index (χ4v) is 3.37. The number of halogens is 1. The third kappa shape index (κ3) is 5.51. The maximum atomic E-state index is 14.5. The highest BCUT2D eigenvalue weighted by Gasteiger charge is 2.33. The lowest BCUT2D eigenvalue weighted by atomic mass is 9.96. The molecule has 1 N–H and O–H groups in total. The van der Waals surface area contributed by atoms with Crippen molar-refractivity contribution in [2.75, 3.05) is 19.6 Å². The van der Waals surface area contributed by atoms with Gasteiger partial charge in [-0.2, -0.15) is 0 Å². The van der Waals surface area contributed by atoms with Crippen LogP contribution >= 0.6 is 0 Å². The second kappa shape index (κ2) is 7.83. The van der Waals surface area contributed by atoms with Gasteiger partial charge in [0.2, 0.25) is 0 Å². The van der Waals surface area contributed by atoms with Gasteiger partial charge in [-0.3, -0.25) is 9.69 Å². The van der Waals surface area contributed by atoms with Crippen LogP contribution in [0.3, 0.4) is 0 Å². The highest BCUT2D eigenvalue weighted by molar-refractivity contribution is 5.76. The Hall–Kier alpha value is -1.46. The number of ether oxygens (including phenoxy) is 1. The van der Waals surface area contributed by atoms with Crippen molar-refractivity contribution in [3.05, 3.63) is 34.6 Å². The molecule has 1 heterocycles. The molecule has 0 aromatic heterocycles. The maximum Gasteiger partial charge on any atom is 0.324 e. The number of aryl methyl sites for hydroxylation is 2. The number of esters is 1. The van der Waals surface area contributed by atoms with E-state index in [1.165, 1.54) is 6.07 Å². The molecule has 1 aliphatic rings. The summed E-state index contributed by atoms with van der Waals surface area (Å²) < 4.78 is 20.2. The number of nitrogens with zero attached hydrogens (tertiary/aromatic N) is 1. The first-order valence-corrected chi connectivity index (χ1v) is 9.03. The minimum Gasteiger partial charge on any atom is -0.459 e. The minimum absolute atomic E-state index is 0.241. The fraction of sp³-hybridized carbons (Fsp3) is 0.650. The van der Waals surface area contributed by atoms with Gasteiger partial charge in [-0.15, -0.1) is 0 Å². The van der Waals surface area contributed by atoms with Gasteiger partial charge in [0.05, 0.1) is 0 Å². The molecule has 5 heteroatoms. The van der Waals surface area contributed by atoms with Crippen molar-refractivity contribution in [1.29, 1.82) is 0 Å². The SMILES string of the molecule is Cc1cc(C)c(C[C@@H](C(=O)OC(C)(C)C)N2CCN[C@@H](C)C2)c(F)c1. The van der Waals surface area contributed by atoms with Gasteiger partial charge in [-0.1, -0.05) is 6.07 Å². The van der Waals surface area contributed by atoms with Crippen LogP contribution in [-0.4, -0.2) is 48.2 Å². The number of benzene rings is 1. The molecule has 25 heavy (non-hydrogen) atoms. The van der Waals surface area contributed by atoms with Crippen LogP contribution in [0.5, 0.6) is 0 Å². The Morgan fingerprint density at radius 3 is 2.64 bits per heavy atom. The third-order valence-corrected chi connectivity index (χ3v) is 4.48. The molecule has 2 rings (SSSR count). The molecule has 4 nitrogen and oxygen atoms in total. The summed E-state index contributed by atoms with van der Waals surface area (Å²) in [4.78, 5) is 15.0. The number of nitrogens with one attached hydrogen (secondary N) is 1. The first kappa shape index (κ1) is 19.9. The Morgan fingerprint density at radius 1 is 1.40 bits per heavy atom. The molecule has 2 atom stereocenters. The first-order valence-electron chi connectivity index (χ1n) is 9.03. The smallest absolute Gasteiger partial charge is 0.324 e. The molecule has 0 spiro atoms. The number of carbonyl (C=O) groups is 1. The van der Waals surface area contributed by atoms with Gasteiger partial charge in [0.25, 0.3) is 0 Å². The Labute approximate surface area is 150 Å². The molecule has 0 bridgehead atoms. The summed E-state index contributed by atoms with van der Waals surface area (Å²) in [5, 5.41) is 3.38. The molecule has 1 aromatic rings. The normalized spacial score (nSPS) is 20.4. The van der Waals surface area contributed by atoms with E-state index in [-0.39, 0.29) is 11.8 Å². The van der Waals surface area contributed by atoms with E-state index in [9.17, 15) is 9.18 Å². The molecule has 1 saturated heterocycles. The van der Waals surface area contributed by atoms with Crippen molar-refractivity contribution in [2.45, 2.75) is 65.6 Å². The largest absolute Gasteiger partial charge is 0.459 e. The predicted octanol–water partition coefficient (Wildman–Crippen LogP) is 2.99. The van der Waals surface area contributed by atoms with E-state index < -0.39 is 11.6 Å². The van der Waals surface area contributed by atoms with Crippen LogP contribution < -0.4 is 5.32 Å². The summed E-state index contributed by atoms with van der Waals surface area (Å²) in [6, 6.07) is 3.32. The van der Waals surface area contributed by atoms with Gasteiger partial charge in [0, 0.05) is 32.1 Å². The fourth-order valence-electron chi connectivity index (χ4n) is 3.37. The highest BCUT2D eigenvalue weighted by atomic mass is 19.1. The number of hydrogen-bond donors (Lipinski definition) is 1. The molecule has 0 saturated carbocycles. The molecule has 1 aromatic carbocycles. The molecule has 140 valence electrons. The van der Waals surface area contributed by atoms with E-state index in [1.54, 1.807) is 0 Å².